The number of Topliss-reactive ketones (excluding diaryl/α,β-unsaturated/α-hetero) is 1. The second kappa shape index (κ2) is 13.6. The number of aromatic nitrogens is 3. The van der Waals surface area contributed by atoms with E-state index in [0.29, 0.717) is 44.1 Å². The Morgan fingerprint density at radius 2 is 1.89 bits per heavy atom. The molecule has 1 saturated carbocycles. The number of aromatic amines is 1. The molecule has 1 aromatic carbocycles. The Balaban J connectivity index is 1.27. The van der Waals surface area contributed by atoms with E-state index < -0.39 is 5.60 Å². The summed E-state index contributed by atoms with van der Waals surface area (Å²) in [7, 11) is 1.60. The average molecular weight is 618 g/mol. The summed E-state index contributed by atoms with van der Waals surface area (Å²) < 4.78 is 11.2. The normalized spacial score (nSPS) is 18.1. The first-order valence-corrected chi connectivity index (χ1v) is 16.3. The first kappa shape index (κ1) is 32.4. The number of unbranched alkanes of at least 4 members (excludes halogenated alkanes) is 2. The van der Waals surface area contributed by atoms with Crippen LogP contribution in [0, 0.1) is 11.3 Å². The molecule has 0 bridgehead atoms. The number of ketones is 1. The maximum Gasteiger partial charge on any atom is 0.410 e. The number of imidazole rings is 1. The Morgan fingerprint density at radius 3 is 2.60 bits per heavy atom. The van der Waals surface area contributed by atoms with Crippen LogP contribution in [0.15, 0.2) is 36.5 Å². The molecule has 2 amide bonds. The molecule has 1 aliphatic carbocycles. The molecule has 1 aliphatic heterocycles. The number of hydrogen-bond donors (Lipinski definition) is 2. The highest BCUT2D eigenvalue weighted by Crippen LogP contribution is 2.59. The van der Waals surface area contributed by atoms with Crippen LogP contribution in [0.2, 0.25) is 0 Å². The minimum atomic E-state index is -0.531. The number of piperidine rings is 1. The predicted octanol–water partition coefficient (Wildman–Crippen LogP) is 6.76. The van der Waals surface area contributed by atoms with Gasteiger partial charge in [0.15, 0.2) is 0 Å². The van der Waals surface area contributed by atoms with Crippen LogP contribution in [-0.2, 0) is 14.3 Å². The van der Waals surface area contributed by atoms with Gasteiger partial charge in [0, 0.05) is 37.2 Å². The number of amides is 2. The molecule has 5 rings (SSSR count). The molecule has 2 aromatic heterocycles. The number of nitrogens with zero attached hydrogens (tertiary/aromatic N) is 3. The molecule has 2 atom stereocenters. The van der Waals surface area contributed by atoms with Crippen molar-refractivity contribution in [1.82, 2.24) is 25.2 Å². The Morgan fingerprint density at radius 1 is 1.13 bits per heavy atom. The Kier molecular flexibility index (Phi) is 9.79. The molecule has 3 heterocycles. The first-order valence-electron chi connectivity index (χ1n) is 16.3. The van der Waals surface area contributed by atoms with E-state index in [-0.39, 0.29) is 35.2 Å². The van der Waals surface area contributed by atoms with Gasteiger partial charge < -0.3 is 24.7 Å². The van der Waals surface area contributed by atoms with Gasteiger partial charge in [-0.1, -0.05) is 38.0 Å². The third-order valence-electron chi connectivity index (χ3n) is 9.17. The molecule has 2 N–H and O–H groups in total. The lowest BCUT2D eigenvalue weighted by atomic mass is 9.90. The Labute approximate surface area is 265 Å². The van der Waals surface area contributed by atoms with Gasteiger partial charge in [-0.15, -0.1) is 0 Å². The van der Waals surface area contributed by atoms with Crippen LogP contribution >= 0.6 is 0 Å². The SMILES string of the molecule is CCC(=O)CCCCCC(NC(=O)C1CC12CCN(C(=O)OC(C)(C)C)CC2)c1ncc(-c2cc3ccccc3nc2OC)[nH]1. The van der Waals surface area contributed by atoms with Crippen LogP contribution in [0.4, 0.5) is 4.79 Å². The quantitative estimate of drug-likeness (QED) is 0.215. The molecule has 45 heavy (non-hydrogen) atoms. The fourth-order valence-corrected chi connectivity index (χ4v) is 6.40. The number of ether oxygens (including phenoxy) is 2. The molecule has 10 nitrogen and oxygen atoms in total. The number of fused-ring (bicyclic) bond motifs is 1. The summed E-state index contributed by atoms with van der Waals surface area (Å²) in [5, 5.41) is 4.31. The number of H-pyrrole nitrogens is 1. The zero-order chi connectivity index (χ0) is 32.2. The van der Waals surface area contributed by atoms with E-state index in [9.17, 15) is 14.4 Å². The standard InChI is InChI=1S/C35H47N5O5/c1-6-24(41)13-8-7-9-15-28(30-36-22-29(37-30)25-20-23-12-10-11-14-27(23)39-32(25)44-5)38-31(42)26-21-35(26)16-18-40(19-17-35)33(43)45-34(2,3)4/h10-12,14,20,22,26,28H,6-9,13,15-19,21H2,1-5H3,(H,36,37)(H,38,42). The topological polar surface area (TPSA) is 127 Å². The monoisotopic (exact) mass is 617 g/mol. The van der Waals surface area contributed by atoms with Crippen molar-refractivity contribution in [1.29, 1.82) is 0 Å². The van der Waals surface area contributed by atoms with E-state index in [1.54, 1.807) is 18.2 Å². The van der Waals surface area contributed by atoms with E-state index in [2.05, 4.69) is 15.3 Å². The summed E-state index contributed by atoms with van der Waals surface area (Å²) in [4.78, 5) is 52.6. The van der Waals surface area contributed by atoms with Crippen LogP contribution in [0.3, 0.4) is 0 Å². The molecular weight excluding hydrogens is 570 g/mol. The molecule has 2 fully saturated rings. The number of pyridine rings is 1. The van der Waals surface area contributed by atoms with Crippen molar-refractivity contribution < 1.29 is 23.9 Å². The number of nitrogens with one attached hydrogen (secondary N) is 2. The van der Waals surface area contributed by atoms with Gasteiger partial charge in [0.05, 0.1) is 36.1 Å². The number of methoxy groups -OCH3 is 1. The number of carbonyl (C=O) groups excluding carboxylic acids is 3. The minimum absolute atomic E-state index is 0.0368. The number of carbonyl (C=O) groups is 3. The number of likely N-dealkylation sites (tertiary alicyclic amines) is 1. The van der Waals surface area contributed by atoms with Crippen molar-refractivity contribution in [2.24, 2.45) is 11.3 Å². The van der Waals surface area contributed by atoms with Gasteiger partial charge in [-0.3, -0.25) is 9.59 Å². The fourth-order valence-electron chi connectivity index (χ4n) is 6.40. The van der Waals surface area contributed by atoms with E-state index >= 15 is 0 Å². The predicted molar refractivity (Wildman–Crippen MR) is 173 cm³/mol. The number of benzene rings is 1. The van der Waals surface area contributed by atoms with Gasteiger partial charge in [0.25, 0.3) is 0 Å². The lowest BCUT2D eigenvalue weighted by molar-refractivity contribution is -0.124. The molecular formula is C35H47N5O5. The summed E-state index contributed by atoms with van der Waals surface area (Å²) in [6.45, 7) is 8.71. The van der Waals surface area contributed by atoms with Gasteiger partial charge in [-0.2, -0.15) is 0 Å². The zero-order valence-corrected chi connectivity index (χ0v) is 27.3. The number of para-hydroxylation sites is 1. The van der Waals surface area contributed by atoms with Gasteiger partial charge >= 0.3 is 6.09 Å². The second-order valence-electron chi connectivity index (χ2n) is 13.6. The lowest BCUT2D eigenvalue weighted by Crippen LogP contribution is -2.43. The van der Waals surface area contributed by atoms with E-state index in [4.69, 9.17) is 14.5 Å². The Hall–Kier alpha value is -3.95. The Bertz CT molecular complexity index is 1520. The molecule has 10 heteroatoms. The number of rotatable bonds is 12. The summed E-state index contributed by atoms with van der Waals surface area (Å²) in [5.74, 6) is 1.43. The van der Waals surface area contributed by atoms with E-state index in [0.717, 1.165) is 60.7 Å². The summed E-state index contributed by atoms with van der Waals surface area (Å²) in [6, 6.07) is 9.62. The maximum absolute atomic E-state index is 13.7. The largest absolute Gasteiger partial charge is 0.480 e. The van der Waals surface area contributed by atoms with Crippen molar-refractivity contribution in [2.45, 2.75) is 97.1 Å². The highest BCUT2D eigenvalue weighted by molar-refractivity contribution is 5.85. The summed E-state index contributed by atoms with van der Waals surface area (Å²) >= 11 is 0. The van der Waals surface area contributed by atoms with Crippen molar-refractivity contribution in [3.05, 3.63) is 42.4 Å². The molecule has 0 radical (unpaired) electrons. The van der Waals surface area contributed by atoms with Crippen molar-refractivity contribution in [2.75, 3.05) is 20.2 Å². The maximum atomic E-state index is 13.7. The molecule has 1 saturated heterocycles. The van der Waals surface area contributed by atoms with Crippen LogP contribution < -0.4 is 10.1 Å². The van der Waals surface area contributed by atoms with Crippen LogP contribution in [0.1, 0.15) is 97.3 Å². The van der Waals surface area contributed by atoms with E-state index in [1.807, 2.05) is 58.0 Å². The van der Waals surface area contributed by atoms with Crippen molar-refractivity contribution in [3.8, 4) is 17.1 Å². The lowest BCUT2D eigenvalue weighted by Gasteiger charge is -2.34. The fraction of sp³-hybridized carbons (Fsp3) is 0.571. The van der Waals surface area contributed by atoms with E-state index in [1.165, 1.54) is 0 Å². The van der Waals surface area contributed by atoms with Gasteiger partial charge in [-0.25, -0.2) is 14.8 Å². The van der Waals surface area contributed by atoms with Gasteiger partial charge in [0.2, 0.25) is 11.8 Å². The van der Waals surface area contributed by atoms with Crippen LogP contribution in [-0.4, -0.2) is 63.4 Å². The van der Waals surface area contributed by atoms with Crippen LogP contribution in [0.5, 0.6) is 5.88 Å². The molecule has 2 unspecified atom stereocenters. The highest BCUT2D eigenvalue weighted by atomic mass is 16.6. The smallest absolute Gasteiger partial charge is 0.410 e. The van der Waals surface area contributed by atoms with Crippen LogP contribution in [0.25, 0.3) is 22.2 Å². The summed E-state index contributed by atoms with van der Waals surface area (Å²) in [6.07, 6.45) is 8.38. The van der Waals surface area contributed by atoms with Gasteiger partial charge in [-0.05, 0) is 70.4 Å². The third kappa shape index (κ3) is 7.83. The van der Waals surface area contributed by atoms with Gasteiger partial charge in [0.1, 0.15) is 17.2 Å². The van der Waals surface area contributed by atoms with Crippen molar-refractivity contribution >= 4 is 28.7 Å². The first-order chi connectivity index (χ1) is 21.5. The second-order valence-corrected chi connectivity index (χ2v) is 13.6. The van der Waals surface area contributed by atoms with Crippen molar-refractivity contribution in [3.63, 3.8) is 0 Å². The third-order valence-corrected chi connectivity index (χ3v) is 9.17. The average Bonchev–Trinajstić information content (AvgIpc) is 3.48. The molecule has 242 valence electrons. The molecule has 3 aromatic rings. The zero-order valence-electron chi connectivity index (χ0n) is 27.3. The molecule has 2 aliphatic rings. The minimum Gasteiger partial charge on any atom is -0.480 e. The highest BCUT2D eigenvalue weighted by Gasteiger charge is 2.59. The number of hydrogen-bond acceptors (Lipinski definition) is 7. The summed E-state index contributed by atoms with van der Waals surface area (Å²) in [5.41, 5.74) is 1.82. The molecule has 1 spiro atoms.